The normalized spacial score (nSPS) is 10.0. The minimum absolute atomic E-state index is 0.135. The average molecular weight is 301 g/mol. The number of nitrogens with one attached hydrogen (secondary N) is 2. The number of nitrogen functional groups attached to an aromatic ring is 1. The van der Waals surface area contributed by atoms with Crippen molar-refractivity contribution in [3.63, 3.8) is 0 Å². The van der Waals surface area contributed by atoms with E-state index in [0.29, 0.717) is 11.3 Å². The Hall–Kier alpha value is -2.89. The summed E-state index contributed by atoms with van der Waals surface area (Å²) in [6, 6.07) is 12.2. The highest BCUT2D eigenvalue weighted by Crippen LogP contribution is 2.05. The second-order valence-electron chi connectivity index (χ2n) is 4.71. The summed E-state index contributed by atoms with van der Waals surface area (Å²) in [5.74, 6) is -1.00. The van der Waals surface area contributed by atoms with Gasteiger partial charge < -0.3 is 16.4 Å². The molecule has 0 aliphatic carbocycles. The van der Waals surface area contributed by atoms with Gasteiger partial charge in [0, 0.05) is 17.8 Å². The summed E-state index contributed by atoms with van der Waals surface area (Å²) < 4.78 is 12.7. The molecule has 0 unspecified atom stereocenters. The highest BCUT2D eigenvalue weighted by molar-refractivity contribution is 5.96. The van der Waals surface area contributed by atoms with Crippen molar-refractivity contribution >= 4 is 17.5 Å². The van der Waals surface area contributed by atoms with E-state index in [9.17, 15) is 14.0 Å². The van der Waals surface area contributed by atoms with Crippen LogP contribution in [0.1, 0.15) is 15.9 Å². The maximum absolute atomic E-state index is 12.7. The second kappa shape index (κ2) is 7.21. The molecule has 0 heterocycles. The van der Waals surface area contributed by atoms with Crippen LogP contribution in [-0.4, -0.2) is 18.4 Å². The maximum atomic E-state index is 12.7. The quantitative estimate of drug-likeness (QED) is 0.731. The zero-order chi connectivity index (χ0) is 15.9. The lowest BCUT2D eigenvalue weighted by molar-refractivity contribution is -0.120. The van der Waals surface area contributed by atoms with E-state index in [1.807, 2.05) is 0 Å². The third-order valence-corrected chi connectivity index (χ3v) is 2.99. The first kappa shape index (κ1) is 15.5. The molecule has 2 amide bonds. The Kier molecular flexibility index (Phi) is 5.08. The number of anilines is 1. The lowest BCUT2D eigenvalue weighted by Gasteiger charge is -2.07. The fraction of sp³-hybridized carbons (Fsp3) is 0.125. The molecule has 0 atom stereocenters. The molecular formula is C16H16FN3O2. The van der Waals surface area contributed by atoms with Gasteiger partial charge in [-0.2, -0.15) is 0 Å². The first-order valence-electron chi connectivity index (χ1n) is 6.69. The van der Waals surface area contributed by atoms with Gasteiger partial charge in [-0.25, -0.2) is 4.39 Å². The molecule has 2 aromatic rings. The first-order valence-corrected chi connectivity index (χ1v) is 6.69. The number of hydrogen-bond acceptors (Lipinski definition) is 3. The summed E-state index contributed by atoms with van der Waals surface area (Å²) in [6.45, 7) is 0.140. The first-order chi connectivity index (χ1) is 10.5. The van der Waals surface area contributed by atoms with Gasteiger partial charge in [-0.1, -0.05) is 12.1 Å². The van der Waals surface area contributed by atoms with Crippen LogP contribution in [0.15, 0.2) is 48.5 Å². The van der Waals surface area contributed by atoms with Gasteiger partial charge in [0.25, 0.3) is 5.91 Å². The van der Waals surface area contributed by atoms with Gasteiger partial charge in [0.2, 0.25) is 5.91 Å². The molecule has 0 radical (unpaired) electrons. The summed E-state index contributed by atoms with van der Waals surface area (Å²) in [6.07, 6.45) is 0. The summed E-state index contributed by atoms with van der Waals surface area (Å²) in [5, 5.41) is 5.15. The van der Waals surface area contributed by atoms with E-state index >= 15 is 0 Å². The van der Waals surface area contributed by atoms with Crippen molar-refractivity contribution in [3.05, 3.63) is 65.5 Å². The van der Waals surface area contributed by atoms with Crippen molar-refractivity contribution in [1.29, 1.82) is 0 Å². The molecule has 0 aliphatic heterocycles. The van der Waals surface area contributed by atoms with Gasteiger partial charge in [0.1, 0.15) is 5.82 Å². The number of halogens is 1. The molecule has 5 nitrogen and oxygen atoms in total. The predicted molar refractivity (Wildman–Crippen MR) is 81.4 cm³/mol. The fourth-order valence-corrected chi connectivity index (χ4v) is 1.76. The predicted octanol–water partition coefficient (Wildman–Crippen LogP) is 1.45. The smallest absolute Gasteiger partial charge is 0.251 e. The van der Waals surface area contributed by atoms with Crippen LogP contribution < -0.4 is 16.4 Å². The molecule has 22 heavy (non-hydrogen) atoms. The Morgan fingerprint density at radius 1 is 0.955 bits per heavy atom. The van der Waals surface area contributed by atoms with Crippen LogP contribution in [-0.2, 0) is 11.3 Å². The fourth-order valence-electron chi connectivity index (χ4n) is 1.76. The molecule has 6 heteroatoms. The van der Waals surface area contributed by atoms with E-state index in [4.69, 9.17) is 5.73 Å². The number of nitrogens with two attached hydrogens (primary N) is 1. The maximum Gasteiger partial charge on any atom is 0.251 e. The number of carbonyl (C=O) groups excluding carboxylic acids is 2. The van der Waals surface area contributed by atoms with Crippen molar-refractivity contribution in [2.45, 2.75) is 6.54 Å². The van der Waals surface area contributed by atoms with Crippen LogP contribution in [0, 0.1) is 5.82 Å². The average Bonchev–Trinajstić information content (AvgIpc) is 2.52. The molecule has 0 spiro atoms. The number of benzene rings is 2. The van der Waals surface area contributed by atoms with Crippen molar-refractivity contribution in [1.82, 2.24) is 10.6 Å². The molecule has 2 rings (SSSR count). The zero-order valence-electron chi connectivity index (χ0n) is 11.8. The van der Waals surface area contributed by atoms with E-state index < -0.39 is 0 Å². The zero-order valence-corrected chi connectivity index (χ0v) is 11.8. The molecule has 0 saturated carbocycles. The molecule has 4 N–H and O–H groups in total. The van der Waals surface area contributed by atoms with Gasteiger partial charge in [-0.15, -0.1) is 0 Å². The van der Waals surface area contributed by atoms with E-state index in [1.54, 1.807) is 36.4 Å². The third kappa shape index (κ3) is 4.59. The molecule has 0 bridgehead atoms. The largest absolute Gasteiger partial charge is 0.399 e. The Balaban J connectivity index is 1.76. The number of rotatable bonds is 5. The molecule has 0 fully saturated rings. The van der Waals surface area contributed by atoms with Gasteiger partial charge in [-0.3, -0.25) is 9.59 Å². The monoisotopic (exact) mass is 301 g/mol. The summed E-state index contributed by atoms with van der Waals surface area (Å²) >= 11 is 0. The SMILES string of the molecule is Nc1ccc(C(=O)NCC(=O)NCc2ccc(F)cc2)cc1. The second-order valence-corrected chi connectivity index (χ2v) is 4.71. The van der Waals surface area contributed by atoms with Gasteiger partial charge >= 0.3 is 0 Å². The van der Waals surface area contributed by atoms with Crippen LogP contribution in [0.2, 0.25) is 0 Å². The summed E-state index contributed by atoms with van der Waals surface area (Å²) in [4.78, 5) is 23.5. The molecular weight excluding hydrogens is 285 g/mol. The summed E-state index contributed by atoms with van der Waals surface area (Å²) in [7, 11) is 0. The Morgan fingerprint density at radius 3 is 2.23 bits per heavy atom. The summed E-state index contributed by atoms with van der Waals surface area (Å²) in [5.41, 5.74) is 7.31. The van der Waals surface area contributed by atoms with Crippen molar-refractivity contribution in [2.24, 2.45) is 0 Å². The van der Waals surface area contributed by atoms with Crippen LogP contribution in [0.3, 0.4) is 0 Å². The number of amides is 2. The Labute approximate surface area is 127 Å². The van der Waals surface area contributed by atoms with Crippen molar-refractivity contribution < 1.29 is 14.0 Å². The van der Waals surface area contributed by atoms with E-state index in [-0.39, 0.29) is 30.7 Å². The van der Waals surface area contributed by atoms with Crippen molar-refractivity contribution in [2.75, 3.05) is 12.3 Å². The minimum Gasteiger partial charge on any atom is -0.399 e. The van der Waals surface area contributed by atoms with Gasteiger partial charge in [0.15, 0.2) is 0 Å². The lowest BCUT2D eigenvalue weighted by atomic mass is 10.2. The number of hydrogen-bond donors (Lipinski definition) is 3. The standard InChI is InChI=1S/C16H16FN3O2/c17-13-5-1-11(2-6-13)9-19-15(21)10-20-16(22)12-3-7-14(18)8-4-12/h1-8H,9-10,18H2,(H,19,21)(H,20,22). The lowest BCUT2D eigenvalue weighted by Crippen LogP contribution is -2.36. The van der Waals surface area contributed by atoms with E-state index in [1.165, 1.54) is 12.1 Å². The molecule has 0 aromatic heterocycles. The third-order valence-electron chi connectivity index (χ3n) is 2.99. The van der Waals surface area contributed by atoms with Crippen LogP contribution in [0.4, 0.5) is 10.1 Å². The highest BCUT2D eigenvalue weighted by Gasteiger charge is 2.07. The molecule has 114 valence electrons. The van der Waals surface area contributed by atoms with Crippen molar-refractivity contribution in [3.8, 4) is 0 Å². The van der Waals surface area contributed by atoms with Crippen LogP contribution >= 0.6 is 0 Å². The molecule has 0 saturated heterocycles. The Bertz CT molecular complexity index is 654. The molecule has 2 aromatic carbocycles. The van der Waals surface area contributed by atoms with E-state index in [2.05, 4.69) is 10.6 Å². The topological polar surface area (TPSA) is 84.2 Å². The van der Waals surface area contributed by atoms with E-state index in [0.717, 1.165) is 5.56 Å². The Morgan fingerprint density at radius 2 is 1.59 bits per heavy atom. The number of carbonyl (C=O) groups is 2. The van der Waals surface area contributed by atoms with Gasteiger partial charge in [-0.05, 0) is 42.0 Å². The van der Waals surface area contributed by atoms with Crippen LogP contribution in [0.5, 0.6) is 0 Å². The van der Waals surface area contributed by atoms with Gasteiger partial charge in [0.05, 0.1) is 6.54 Å². The highest BCUT2D eigenvalue weighted by atomic mass is 19.1. The van der Waals surface area contributed by atoms with Crippen LogP contribution in [0.25, 0.3) is 0 Å². The minimum atomic E-state index is -0.350. The molecule has 0 aliphatic rings.